The number of halogens is 3. The molecule has 1 fully saturated rings. The van der Waals surface area contributed by atoms with E-state index in [1.54, 1.807) is 6.20 Å². The fraction of sp³-hybridized carbons (Fsp3) is 0.414. The van der Waals surface area contributed by atoms with Crippen molar-refractivity contribution in [1.29, 1.82) is 0 Å². The van der Waals surface area contributed by atoms with Crippen LogP contribution >= 0.6 is 0 Å². The zero-order valence-electron chi connectivity index (χ0n) is 22.2. The summed E-state index contributed by atoms with van der Waals surface area (Å²) in [6.45, 7) is 2.31. The average molecular weight is 553 g/mol. The van der Waals surface area contributed by atoms with Crippen molar-refractivity contribution in [3.8, 4) is 11.5 Å². The third kappa shape index (κ3) is 6.08. The number of nitrogens with zero attached hydrogens (tertiary/aromatic N) is 5. The van der Waals surface area contributed by atoms with E-state index < -0.39 is 17.7 Å². The highest BCUT2D eigenvalue weighted by Gasteiger charge is 2.31. The molecule has 0 radical (unpaired) electrons. The Kier molecular flexibility index (Phi) is 7.99. The highest BCUT2D eigenvalue weighted by Crippen LogP contribution is 2.35. The fourth-order valence-corrected chi connectivity index (χ4v) is 5.17. The van der Waals surface area contributed by atoms with Gasteiger partial charge >= 0.3 is 12.1 Å². The predicted octanol–water partition coefficient (Wildman–Crippen LogP) is 6.35. The number of fused-ring (bicyclic) bond motifs is 1. The summed E-state index contributed by atoms with van der Waals surface area (Å²) in [7, 11) is 0. The van der Waals surface area contributed by atoms with E-state index in [2.05, 4.69) is 27.2 Å². The number of aliphatic carboxylic acids is 1. The minimum absolute atomic E-state index is 0.0343. The second-order valence-electron chi connectivity index (χ2n) is 10.3. The van der Waals surface area contributed by atoms with E-state index in [1.165, 1.54) is 18.5 Å². The molecule has 40 heavy (non-hydrogen) atoms. The van der Waals surface area contributed by atoms with Crippen molar-refractivity contribution >= 4 is 23.0 Å². The van der Waals surface area contributed by atoms with Gasteiger partial charge in [0.25, 0.3) is 0 Å². The minimum atomic E-state index is -4.42. The lowest BCUT2D eigenvalue weighted by Crippen LogP contribution is -2.34. The summed E-state index contributed by atoms with van der Waals surface area (Å²) in [4.78, 5) is 29.6. The van der Waals surface area contributed by atoms with Crippen LogP contribution in [0.1, 0.15) is 62.1 Å². The molecule has 1 aromatic carbocycles. The molecule has 0 aliphatic heterocycles. The lowest BCUT2D eigenvalue weighted by molar-refractivity contribution is -0.138. The SMILES string of the molecule is CCCc1ccnc(-c2nc3ncnc(N[C@H](CCC(=O)O)C4CCC4)c3n2Cc2ccc(C(F)(F)F)cc2)c1. The van der Waals surface area contributed by atoms with E-state index in [0.717, 1.165) is 49.8 Å². The van der Waals surface area contributed by atoms with Crippen LogP contribution in [0.4, 0.5) is 19.0 Å². The molecule has 1 atom stereocenters. The first-order chi connectivity index (χ1) is 19.2. The van der Waals surface area contributed by atoms with Gasteiger partial charge in [-0.2, -0.15) is 13.2 Å². The first-order valence-electron chi connectivity index (χ1n) is 13.5. The average Bonchev–Trinajstić information content (AvgIpc) is 3.25. The van der Waals surface area contributed by atoms with E-state index in [0.29, 0.717) is 46.4 Å². The highest BCUT2D eigenvalue weighted by atomic mass is 19.4. The second-order valence-corrected chi connectivity index (χ2v) is 10.3. The number of pyridine rings is 1. The third-order valence-corrected chi connectivity index (χ3v) is 7.46. The van der Waals surface area contributed by atoms with Crippen LogP contribution in [0, 0.1) is 5.92 Å². The second kappa shape index (κ2) is 11.6. The molecule has 0 bridgehead atoms. The molecule has 1 aliphatic carbocycles. The number of hydrogen-bond acceptors (Lipinski definition) is 6. The van der Waals surface area contributed by atoms with Crippen molar-refractivity contribution < 1.29 is 23.1 Å². The Morgan fingerprint density at radius 3 is 2.55 bits per heavy atom. The summed E-state index contributed by atoms with van der Waals surface area (Å²) in [5.41, 5.74) is 2.68. The van der Waals surface area contributed by atoms with Crippen LogP contribution in [-0.2, 0) is 23.9 Å². The number of carboxylic acids is 1. The number of aromatic nitrogens is 5. The van der Waals surface area contributed by atoms with Crippen molar-refractivity contribution in [2.75, 3.05) is 5.32 Å². The van der Waals surface area contributed by atoms with E-state index in [4.69, 9.17) is 4.98 Å². The Morgan fingerprint density at radius 2 is 1.90 bits per heavy atom. The van der Waals surface area contributed by atoms with Gasteiger partial charge in [0.2, 0.25) is 0 Å². The monoisotopic (exact) mass is 552 g/mol. The van der Waals surface area contributed by atoms with Crippen molar-refractivity contribution in [3.05, 3.63) is 65.6 Å². The summed E-state index contributed by atoms with van der Waals surface area (Å²) >= 11 is 0. The lowest BCUT2D eigenvalue weighted by Gasteiger charge is -2.34. The quantitative estimate of drug-likeness (QED) is 0.223. The van der Waals surface area contributed by atoms with Crippen LogP contribution < -0.4 is 5.32 Å². The summed E-state index contributed by atoms with van der Waals surface area (Å²) in [5, 5.41) is 12.8. The number of aryl methyl sites for hydroxylation is 1. The molecule has 3 heterocycles. The largest absolute Gasteiger partial charge is 0.481 e. The fourth-order valence-electron chi connectivity index (χ4n) is 5.17. The first-order valence-corrected chi connectivity index (χ1v) is 13.5. The van der Waals surface area contributed by atoms with Gasteiger partial charge < -0.3 is 15.0 Å². The Morgan fingerprint density at radius 1 is 1.12 bits per heavy atom. The summed E-state index contributed by atoms with van der Waals surface area (Å²) in [6, 6.07) is 8.89. The van der Waals surface area contributed by atoms with E-state index in [-0.39, 0.29) is 19.0 Å². The number of carbonyl (C=O) groups is 1. The Hall–Kier alpha value is -4.02. The number of rotatable bonds is 11. The molecule has 1 aliphatic rings. The maximum absolute atomic E-state index is 13.2. The number of hydrogen-bond donors (Lipinski definition) is 2. The van der Waals surface area contributed by atoms with Crippen LogP contribution in [0.15, 0.2) is 48.9 Å². The van der Waals surface area contributed by atoms with Gasteiger partial charge in [-0.15, -0.1) is 0 Å². The molecule has 210 valence electrons. The van der Waals surface area contributed by atoms with Crippen LogP contribution in [0.25, 0.3) is 22.7 Å². The van der Waals surface area contributed by atoms with Crippen LogP contribution in [0.2, 0.25) is 0 Å². The van der Waals surface area contributed by atoms with E-state index in [1.807, 2.05) is 16.7 Å². The number of benzene rings is 1. The highest BCUT2D eigenvalue weighted by molar-refractivity contribution is 5.86. The molecule has 1 saturated carbocycles. The van der Waals surface area contributed by atoms with Crippen molar-refractivity contribution in [1.82, 2.24) is 24.5 Å². The van der Waals surface area contributed by atoms with Gasteiger partial charge in [0, 0.05) is 25.2 Å². The summed E-state index contributed by atoms with van der Waals surface area (Å²) < 4.78 is 41.5. The van der Waals surface area contributed by atoms with Crippen molar-refractivity contribution in [2.45, 2.75) is 70.6 Å². The smallest absolute Gasteiger partial charge is 0.416 e. The standard InChI is InChI=1S/C29H31F3N6O2/c1-2-4-18-13-14-33-23(15-18)28-37-27-25(38(28)16-19-7-9-21(10-8-19)29(30,31)32)26(34-17-35-27)36-22(11-12-24(39)40)20-5-3-6-20/h7-10,13-15,17,20,22H,2-6,11-12,16H2,1H3,(H,39,40)(H,34,35,36)/t22-/m1/s1. The summed E-state index contributed by atoms with van der Waals surface area (Å²) in [5.74, 6) is 0.527. The number of anilines is 1. The molecule has 0 unspecified atom stereocenters. The van der Waals surface area contributed by atoms with Crippen LogP contribution in [0.5, 0.6) is 0 Å². The lowest BCUT2D eigenvalue weighted by atomic mass is 9.78. The van der Waals surface area contributed by atoms with Crippen molar-refractivity contribution in [3.63, 3.8) is 0 Å². The number of nitrogens with one attached hydrogen (secondary N) is 1. The van der Waals surface area contributed by atoms with Gasteiger partial charge in [0.15, 0.2) is 17.3 Å². The minimum Gasteiger partial charge on any atom is -0.481 e. The number of alkyl halides is 3. The topological polar surface area (TPSA) is 106 Å². The molecular formula is C29H31F3N6O2. The molecule has 5 rings (SSSR count). The molecule has 8 nitrogen and oxygen atoms in total. The Bertz CT molecular complexity index is 1480. The zero-order valence-corrected chi connectivity index (χ0v) is 22.2. The third-order valence-electron chi connectivity index (χ3n) is 7.46. The van der Waals surface area contributed by atoms with Crippen LogP contribution in [0.3, 0.4) is 0 Å². The van der Waals surface area contributed by atoms with E-state index >= 15 is 0 Å². The molecule has 0 spiro atoms. The molecule has 0 amide bonds. The molecule has 3 aromatic heterocycles. The molecule has 4 aromatic rings. The normalized spacial score (nSPS) is 14.7. The first kappa shape index (κ1) is 27.5. The van der Waals surface area contributed by atoms with E-state index in [9.17, 15) is 23.1 Å². The Balaban J connectivity index is 1.59. The van der Waals surface area contributed by atoms with Gasteiger partial charge in [0.05, 0.1) is 5.56 Å². The van der Waals surface area contributed by atoms with Gasteiger partial charge in [-0.1, -0.05) is 31.9 Å². The molecule has 2 N–H and O–H groups in total. The van der Waals surface area contributed by atoms with Crippen LogP contribution in [-0.4, -0.2) is 41.6 Å². The molecule has 11 heteroatoms. The molecule has 0 saturated heterocycles. The van der Waals surface area contributed by atoms with Gasteiger partial charge in [0.1, 0.15) is 17.5 Å². The Labute approximate surface area is 229 Å². The summed E-state index contributed by atoms with van der Waals surface area (Å²) in [6.07, 6.45) is 4.16. The number of imidazole rings is 1. The van der Waals surface area contributed by atoms with Gasteiger partial charge in [-0.25, -0.2) is 15.0 Å². The van der Waals surface area contributed by atoms with Gasteiger partial charge in [-0.3, -0.25) is 9.78 Å². The zero-order chi connectivity index (χ0) is 28.3. The predicted molar refractivity (Wildman–Crippen MR) is 145 cm³/mol. The maximum atomic E-state index is 13.2. The molecular weight excluding hydrogens is 521 g/mol. The number of carboxylic acid groups (broad SMARTS) is 1. The van der Waals surface area contributed by atoms with Gasteiger partial charge in [-0.05, 0) is 67.0 Å². The van der Waals surface area contributed by atoms with Crippen molar-refractivity contribution in [2.24, 2.45) is 5.92 Å². The maximum Gasteiger partial charge on any atom is 0.416 e.